The maximum absolute atomic E-state index is 13.8. The molecule has 0 spiro atoms. The Morgan fingerprint density at radius 2 is 1.82 bits per heavy atom. The number of likely N-dealkylation sites (N-methyl/N-ethyl adjacent to an activating group) is 1. The van der Waals surface area contributed by atoms with Crippen molar-refractivity contribution in [3.63, 3.8) is 0 Å². The highest BCUT2D eigenvalue weighted by Crippen LogP contribution is 2.25. The maximum Gasteiger partial charge on any atom is 0.326 e. The molecule has 3 aromatic carbocycles. The van der Waals surface area contributed by atoms with Crippen molar-refractivity contribution in [2.24, 2.45) is 0 Å². The molecule has 0 aliphatic heterocycles. The Balaban J connectivity index is 1.49. The summed E-state index contributed by atoms with van der Waals surface area (Å²) in [4.78, 5) is 32.0. The first kappa shape index (κ1) is 27.1. The van der Waals surface area contributed by atoms with Crippen LogP contribution in [0.15, 0.2) is 66.2 Å². The molecule has 3 amide bonds. The zero-order valence-electron chi connectivity index (χ0n) is 20.8. The normalized spacial score (nSPS) is 11.6. The third-order valence-corrected chi connectivity index (χ3v) is 7.26. The van der Waals surface area contributed by atoms with Gasteiger partial charge in [0.15, 0.2) is 0 Å². The number of fused-ring (bicyclic) bond motifs is 1. The lowest BCUT2D eigenvalue weighted by molar-refractivity contribution is -0.120. The van der Waals surface area contributed by atoms with Crippen molar-refractivity contribution in [1.82, 2.24) is 15.0 Å². The van der Waals surface area contributed by atoms with Crippen molar-refractivity contribution in [3.8, 4) is 5.75 Å². The largest absolute Gasteiger partial charge is 0.497 e. The average Bonchev–Trinajstić information content (AvgIpc) is 3.38. The van der Waals surface area contributed by atoms with Gasteiger partial charge in [0, 0.05) is 38.3 Å². The predicted octanol–water partition coefficient (Wildman–Crippen LogP) is 5.16. The van der Waals surface area contributed by atoms with Crippen molar-refractivity contribution in [2.75, 3.05) is 30.4 Å². The summed E-state index contributed by atoms with van der Waals surface area (Å²) < 4.78 is 38.2. The van der Waals surface area contributed by atoms with Gasteiger partial charge in [-0.3, -0.25) is 9.52 Å². The predicted molar refractivity (Wildman–Crippen MR) is 148 cm³/mol. The molecule has 0 aliphatic carbocycles. The lowest BCUT2D eigenvalue weighted by atomic mass is 10.0. The molecule has 0 fully saturated rings. The van der Waals surface area contributed by atoms with Crippen LogP contribution in [0.1, 0.15) is 5.56 Å². The Morgan fingerprint density at radius 3 is 2.55 bits per heavy atom. The molecule has 0 aliphatic rings. The smallest absolute Gasteiger partial charge is 0.326 e. The second-order valence-electron chi connectivity index (χ2n) is 8.30. The van der Waals surface area contributed by atoms with Crippen LogP contribution >= 0.6 is 23.5 Å². The van der Waals surface area contributed by atoms with Crippen LogP contribution in [-0.4, -0.2) is 44.2 Å². The lowest BCUT2D eigenvalue weighted by Gasteiger charge is -2.25. The van der Waals surface area contributed by atoms with E-state index in [0.29, 0.717) is 11.4 Å². The molecule has 0 saturated carbocycles. The monoisotopic (exact) mass is 557 g/mol. The zero-order valence-corrected chi connectivity index (χ0v) is 22.4. The molecule has 198 valence electrons. The Morgan fingerprint density at radius 1 is 1.05 bits per heavy atom. The van der Waals surface area contributed by atoms with Gasteiger partial charge in [-0.15, -0.1) is 11.3 Å². The van der Waals surface area contributed by atoms with Crippen LogP contribution < -0.4 is 24.0 Å². The summed E-state index contributed by atoms with van der Waals surface area (Å²) in [5.74, 6) is -1.35. The summed E-state index contributed by atoms with van der Waals surface area (Å²) in [6.07, 6.45) is -0.124. The van der Waals surface area contributed by atoms with E-state index in [1.807, 2.05) is 18.2 Å². The number of halogens is 2. The maximum atomic E-state index is 13.8. The minimum absolute atomic E-state index is 0.124. The van der Waals surface area contributed by atoms with Crippen molar-refractivity contribution >= 4 is 57.0 Å². The summed E-state index contributed by atoms with van der Waals surface area (Å²) in [5, 5.41) is 2.64. The standard InChI is InChI=1S/C26H25F2N5O3S2/c1-32(19-7-8-24-22(14-19)29-15-37-24)25(34)23(11-16-9-17(27)12-18(28)10-16)30-26(35)31-38-33(2)20-5-4-6-21(13-20)36-3/h4-10,12-15,23H,11H2,1-3H3,(H2,30,31,35)/t23-/m0/s1. The Bertz CT molecular complexity index is 1430. The summed E-state index contributed by atoms with van der Waals surface area (Å²) in [5.41, 5.74) is 4.01. The highest BCUT2D eigenvalue weighted by atomic mass is 32.2. The van der Waals surface area contributed by atoms with E-state index in [1.54, 1.807) is 55.3 Å². The van der Waals surface area contributed by atoms with E-state index in [2.05, 4.69) is 15.0 Å². The number of nitrogens with one attached hydrogen (secondary N) is 2. The van der Waals surface area contributed by atoms with Gasteiger partial charge in [0.1, 0.15) is 23.4 Å². The van der Waals surface area contributed by atoms with Gasteiger partial charge in [-0.25, -0.2) is 18.6 Å². The summed E-state index contributed by atoms with van der Waals surface area (Å²) in [6.45, 7) is 0. The first-order valence-corrected chi connectivity index (χ1v) is 13.1. The average molecular weight is 558 g/mol. The highest BCUT2D eigenvalue weighted by molar-refractivity contribution is 7.99. The van der Waals surface area contributed by atoms with E-state index >= 15 is 0 Å². The minimum atomic E-state index is -1.12. The number of hydrogen-bond acceptors (Lipinski definition) is 7. The third kappa shape index (κ3) is 6.69. The Kier molecular flexibility index (Phi) is 8.64. The van der Waals surface area contributed by atoms with Crippen LogP contribution in [0.3, 0.4) is 0 Å². The van der Waals surface area contributed by atoms with E-state index in [9.17, 15) is 18.4 Å². The van der Waals surface area contributed by atoms with Gasteiger partial charge in [-0.05, 0) is 48.0 Å². The molecule has 2 N–H and O–H groups in total. The molecule has 1 atom stereocenters. The molecule has 0 bridgehead atoms. The fraction of sp³-hybridized carbons (Fsp3) is 0.192. The number of thiazole rings is 1. The number of rotatable bonds is 9. The highest BCUT2D eigenvalue weighted by Gasteiger charge is 2.26. The number of benzene rings is 3. The molecule has 1 aromatic heterocycles. The van der Waals surface area contributed by atoms with E-state index < -0.39 is 29.6 Å². The molecule has 8 nitrogen and oxygen atoms in total. The first-order valence-electron chi connectivity index (χ1n) is 11.4. The second kappa shape index (κ2) is 12.1. The zero-order chi connectivity index (χ0) is 27.2. The molecule has 4 aromatic rings. The van der Waals surface area contributed by atoms with Gasteiger partial charge in [-0.1, -0.05) is 6.07 Å². The van der Waals surface area contributed by atoms with Crippen LogP contribution in [0.2, 0.25) is 0 Å². The van der Waals surface area contributed by atoms with E-state index in [1.165, 1.54) is 16.2 Å². The van der Waals surface area contributed by atoms with Crippen molar-refractivity contribution in [1.29, 1.82) is 0 Å². The minimum Gasteiger partial charge on any atom is -0.497 e. The number of aromatic nitrogens is 1. The topological polar surface area (TPSA) is 86.8 Å². The van der Waals surface area contributed by atoms with Gasteiger partial charge in [0.2, 0.25) is 5.91 Å². The third-order valence-electron chi connectivity index (χ3n) is 5.69. The lowest BCUT2D eigenvalue weighted by Crippen LogP contribution is -2.51. The quantitative estimate of drug-likeness (QED) is 0.277. The Hall–Kier alpha value is -3.90. The summed E-state index contributed by atoms with van der Waals surface area (Å²) in [7, 11) is 4.88. The molecule has 0 saturated heterocycles. The van der Waals surface area contributed by atoms with Crippen LogP contribution in [0.5, 0.6) is 5.75 Å². The van der Waals surface area contributed by atoms with Crippen LogP contribution in [0, 0.1) is 11.6 Å². The summed E-state index contributed by atoms with van der Waals surface area (Å²) >= 11 is 2.47. The molecular formula is C26H25F2N5O3S2. The van der Waals surface area contributed by atoms with Gasteiger partial charge >= 0.3 is 6.03 Å². The number of carbonyl (C=O) groups is 2. The summed E-state index contributed by atoms with van der Waals surface area (Å²) in [6, 6.07) is 13.9. The number of hydrogen-bond donors (Lipinski definition) is 2. The van der Waals surface area contributed by atoms with Crippen LogP contribution in [-0.2, 0) is 11.2 Å². The van der Waals surface area contributed by atoms with Crippen molar-refractivity contribution < 1.29 is 23.1 Å². The van der Waals surface area contributed by atoms with E-state index in [-0.39, 0.29) is 12.0 Å². The number of anilines is 2. The first-order chi connectivity index (χ1) is 18.2. The van der Waals surface area contributed by atoms with Crippen LogP contribution in [0.25, 0.3) is 10.2 Å². The van der Waals surface area contributed by atoms with Crippen LogP contribution in [0.4, 0.5) is 25.0 Å². The fourth-order valence-corrected chi connectivity index (χ4v) is 4.89. The fourth-order valence-electron chi connectivity index (χ4n) is 3.74. The number of amides is 3. The van der Waals surface area contributed by atoms with Crippen molar-refractivity contribution in [2.45, 2.75) is 12.5 Å². The SMILES string of the molecule is COc1cccc(N(C)SNC(=O)N[C@@H](Cc2cc(F)cc(F)c2)C(=O)N(C)c2ccc3scnc3c2)c1. The molecule has 0 radical (unpaired) electrons. The number of methoxy groups -OCH3 is 1. The number of ether oxygens (including phenoxy) is 1. The van der Waals surface area contributed by atoms with E-state index in [4.69, 9.17) is 4.74 Å². The molecule has 12 heteroatoms. The molecule has 4 rings (SSSR count). The van der Waals surface area contributed by atoms with E-state index in [0.717, 1.165) is 46.2 Å². The van der Waals surface area contributed by atoms with Gasteiger partial charge in [-0.2, -0.15) is 0 Å². The number of nitrogens with zero attached hydrogens (tertiary/aromatic N) is 3. The Labute approximate surface area is 226 Å². The number of urea groups is 1. The molecule has 1 heterocycles. The number of carbonyl (C=O) groups excluding carboxylic acids is 2. The molecule has 0 unspecified atom stereocenters. The van der Waals surface area contributed by atoms with Gasteiger partial charge in [0.05, 0.1) is 40.7 Å². The second-order valence-corrected chi connectivity index (χ2v) is 10.1. The van der Waals surface area contributed by atoms with Gasteiger partial charge < -0.3 is 19.3 Å². The van der Waals surface area contributed by atoms with Gasteiger partial charge in [0.25, 0.3) is 0 Å². The molecule has 38 heavy (non-hydrogen) atoms. The molecular weight excluding hydrogens is 532 g/mol. The van der Waals surface area contributed by atoms with Crippen molar-refractivity contribution in [3.05, 3.63) is 83.4 Å².